The van der Waals surface area contributed by atoms with E-state index in [2.05, 4.69) is 16.0 Å². The maximum Gasteiger partial charge on any atom is 0.325 e. The van der Waals surface area contributed by atoms with Crippen molar-refractivity contribution in [3.63, 3.8) is 0 Å². The number of carboxylic acid groups (broad SMARTS) is 1. The van der Waals surface area contributed by atoms with Gasteiger partial charge in [0.2, 0.25) is 29.5 Å². The third-order valence-electron chi connectivity index (χ3n) is 3.87. The third-order valence-corrected chi connectivity index (χ3v) is 3.87. The van der Waals surface area contributed by atoms with E-state index in [1.807, 2.05) is 0 Å². The molecule has 0 rings (SSSR count). The Bertz CT molecular complexity index is 682. The Hall–Kier alpha value is -3.22. The number of hydrogen-bond donors (Lipinski definition) is 7. The smallest absolute Gasteiger partial charge is 0.325 e. The SMILES string of the molecule is CC(C)CC(NC(=O)C(CC(N)=O)NC(=O)C(N)CC(N)=O)C(=O)NC(C)C(=O)O. The molecular formula is C17H30N6O7. The Morgan fingerprint density at radius 3 is 1.67 bits per heavy atom. The Labute approximate surface area is 173 Å². The molecule has 0 spiro atoms. The van der Waals surface area contributed by atoms with Crippen molar-refractivity contribution in [2.24, 2.45) is 23.1 Å². The molecule has 13 nitrogen and oxygen atoms in total. The molecule has 0 radical (unpaired) electrons. The Morgan fingerprint density at radius 2 is 1.23 bits per heavy atom. The number of carbonyl (C=O) groups is 6. The van der Waals surface area contributed by atoms with Crippen LogP contribution in [0.2, 0.25) is 0 Å². The third kappa shape index (κ3) is 10.4. The monoisotopic (exact) mass is 430 g/mol. The van der Waals surface area contributed by atoms with E-state index >= 15 is 0 Å². The number of amides is 5. The summed E-state index contributed by atoms with van der Waals surface area (Å²) in [4.78, 5) is 70.2. The number of primary amides is 2. The van der Waals surface area contributed by atoms with Crippen LogP contribution >= 0.6 is 0 Å². The van der Waals surface area contributed by atoms with Crippen LogP contribution in [0.1, 0.15) is 40.0 Å². The highest BCUT2D eigenvalue weighted by Gasteiger charge is 2.30. The molecular weight excluding hydrogens is 400 g/mol. The van der Waals surface area contributed by atoms with Gasteiger partial charge in [-0.3, -0.25) is 28.8 Å². The lowest BCUT2D eigenvalue weighted by Gasteiger charge is -2.25. The molecule has 0 aliphatic carbocycles. The molecule has 170 valence electrons. The zero-order valence-electron chi connectivity index (χ0n) is 17.1. The van der Waals surface area contributed by atoms with Crippen molar-refractivity contribution in [3.8, 4) is 0 Å². The lowest BCUT2D eigenvalue weighted by Crippen LogP contribution is -2.58. The number of carbonyl (C=O) groups excluding carboxylic acids is 5. The zero-order valence-corrected chi connectivity index (χ0v) is 17.1. The van der Waals surface area contributed by atoms with Crippen LogP contribution in [0.15, 0.2) is 0 Å². The van der Waals surface area contributed by atoms with Gasteiger partial charge < -0.3 is 38.3 Å². The molecule has 0 fully saturated rings. The van der Waals surface area contributed by atoms with Crippen LogP contribution in [0, 0.1) is 5.92 Å². The highest BCUT2D eigenvalue weighted by atomic mass is 16.4. The van der Waals surface area contributed by atoms with Crippen molar-refractivity contribution < 1.29 is 33.9 Å². The Kier molecular flexibility index (Phi) is 11.0. The van der Waals surface area contributed by atoms with E-state index in [1.165, 1.54) is 6.92 Å². The minimum Gasteiger partial charge on any atom is -0.480 e. The minimum atomic E-state index is -1.46. The number of hydrogen-bond acceptors (Lipinski definition) is 7. The summed E-state index contributed by atoms with van der Waals surface area (Å²) < 4.78 is 0. The van der Waals surface area contributed by atoms with E-state index < -0.39 is 72.5 Å². The van der Waals surface area contributed by atoms with Crippen LogP contribution in [0.3, 0.4) is 0 Å². The number of nitrogens with two attached hydrogens (primary N) is 3. The van der Waals surface area contributed by atoms with Crippen LogP contribution in [-0.4, -0.2) is 64.8 Å². The standard InChI is InChI=1S/C17H30N6O7/c1-7(2)4-10(15(27)21-8(3)17(29)30)23-16(28)11(6-13(20)25)22-14(26)9(18)5-12(19)24/h7-11H,4-6,18H2,1-3H3,(H2,19,24)(H2,20,25)(H,21,27)(H,22,26)(H,23,28)(H,29,30). The van der Waals surface area contributed by atoms with Gasteiger partial charge in [-0.1, -0.05) is 13.8 Å². The summed E-state index contributed by atoms with van der Waals surface area (Å²) in [6, 6.07) is -5.15. The van der Waals surface area contributed by atoms with E-state index in [0.29, 0.717) is 0 Å². The fourth-order valence-electron chi connectivity index (χ4n) is 2.35. The number of nitrogens with one attached hydrogen (secondary N) is 3. The van der Waals surface area contributed by atoms with Crippen LogP contribution in [0.5, 0.6) is 0 Å². The topological polar surface area (TPSA) is 237 Å². The van der Waals surface area contributed by atoms with Gasteiger partial charge >= 0.3 is 5.97 Å². The van der Waals surface area contributed by atoms with Gasteiger partial charge in [-0.05, 0) is 19.3 Å². The predicted octanol–water partition coefficient (Wildman–Crippen LogP) is -3.33. The van der Waals surface area contributed by atoms with E-state index in [1.54, 1.807) is 13.8 Å². The molecule has 0 aliphatic heterocycles. The Morgan fingerprint density at radius 1 is 0.767 bits per heavy atom. The minimum absolute atomic E-state index is 0.0608. The molecule has 0 aromatic heterocycles. The highest BCUT2D eigenvalue weighted by molar-refractivity contribution is 5.96. The second-order valence-corrected chi connectivity index (χ2v) is 7.27. The summed E-state index contributed by atoms with van der Waals surface area (Å²) >= 11 is 0. The van der Waals surface area contributed by atoms with Crippen LogP contribution < -0.4 is 33.2 Å². The lowest BCUT2D eigenvalue weighted by molar-refractivity contribution is -0.142. The van der Waals surface area contributed by atoms with Gasteiger partial charge in [0, 0.05) is 0 Å². The van der Waals surface area contributed by atoms with Crippen LogP contribution in [0.25, 0.3) is 0 Å². The quantitative estimate of drug-likeness (QED) is 0.155. The first-order valence-electron chi connectivity index (χ1n) is 9.20. The van der Waals surface area contributed by atoms with Crippen LogP contribution in [0.4, 0.5) is 0 Å². The van der Waals surface area contributed by atoms with E-state index in [9.17, 15) is 28.8 Å². The summed E-state index contributed by atoms with van der Waals surface area (Å²) in [6.45, 7) is 4.81. The van der Waals surface area contributed by atoms with Gasteiger partial charge in [0.25, 0.3) is 0 Å². The normalized spacial score (nSPS) is 14.7. The zero-order chi connectivity index (χ0) is 23.6. The van der Waals surface area contributed by atoms with E-state index in [0.717, 1.165) is 0 Å². The highest BCUT2D eigenvalue weighted by Crippen LogP contribution is 2.07. The fourth-order valence-corrected chi connectivity index (χ4v) is 2.35. The van der Waals surface area contributed by atoms with E-state index in [-0.39, 0.29) is 12.3 Å². The maximum atomic E-state index is 12.6. The molecule has 0 saturated carbocycles. The first-order valence-corrected chi connectivity index (χ1v) is 9.20. The van der Waals surface area contributed by atoms with Crippen molar-refractivity contribution in [1.82, 2.24) is 16.0 Å². The number of rotatable bonds is 13. The fraction of sp³-hybridized carbons (Fsp3) is 0.647. The second kappa shape index (κ2) is 12.4. The van der Waals surface area contributed by atoms with Gasteiger partial charge in [0.1, 0.15) is 18.1 Å². The van der Waals surface area contributed by atoms with Crippen molar-refractivity contribution in [2.45, 2.75) is 64.2 Å². The van der Waals surface area contributed by atoms with Crippen molar-refractivity contribution in [1.29, 1.82) is 0 Å². The average molecular weight is 430 g/mol. The van der Waals surface area contributed by atoms with Gasteiger partial charge in [-0.2, -0.15) is 0 Å². The molecule has 0 aromatic rings. The first-order chi connectivity index (χ1) is 13.7. The number of carboxylic acids is 1. The largest absolute Gasteiger partial charge is 0.480 e. The summed E-state index contributed by atoms with van der Waals surface area (Å²) in [5, 5.41) is 15.8. The van der Waals surface area contributed by atoms with Gasteiger partial charge in [0.05, 0.1) is 18.9 Å². The van der Waals surface area contributed by atoms with E-state index in [4.69, 9.17) is 22.3 Å². The van der Waals surface area contributed by atoms with Crippen molar-refractivity contribution >= 4 is 35.5 Å². The summed E-state index contributed by atoms with van der Waals surface area (Å²) in [7, 11) is 0. The first kappa shape index (κ1) is 26.8. The average Bonchev–Trinajstić information content (AvgIpc) is 2.58. The molecule has 0 saturated heterocycles. The van der Waals surface area contributed by atoms with Crippen molar-refractivity contribution in [3.05, 3.63) is 0 Å². The molecule has 4 unspecified atom stereocenters. The molecule has 0 aromatic carbocycles. The molecule has 4 atom stereocenters. The predicted molar refractivity (Wildman–Crippen MR) is 104 cm³/mol. The van der Waals surface area contributed by atoms with Crippen molar-refractivity contribution in [2.75, 3.05) is 0 Å². The maximum absolute atomic E-state index is 12.6. The number of aliphatic carboxylic acids is 1. The summed E-state index contributed by atoms with van der Waals surface area (Å²) in [5.74, 6) is -5.65. The van der Waals surface area contributed by atoms with Gasteiger partial charge in [0.15, 0.2) is 0 Å². The molecule has 0 heterocycles. The Balaban J connectivity index is 5.38. The van der Waals surface area contributed by atoms with Gasteiger partial charge in [-0.25, -0.2) is 0 Å². The molecule has 13 heteroatoms. The van der Waals surface area contributed by atoms with Crippen LogP contribution in [-0.2, 0) is 28.8 Å². The molecule has 10 N–H and O–H groups in total. The molecule has 0 aliphatic rings. The second-order valence-electron chi connectivity index (χ2n) is 7.27. The summed E-state index contributed by atoms with van der Waals surface area (Å²) in [5.41, 5.74) is 15.6. The summed E-state index contributed by atoms with van der Waals surface area (Å²) in [6.07, 6.45) is -0.924. The molecule has 30 heavy (non-hydrogen) atoms. The molecule has 0 bridgehead atoms. The molecule has 5 amide bonds. The lowest BCUT2D eigenvalue weighted by atomic mass is 10.0. The van der Waals surface area contributed by atoms with Gasteiger partial charge in [-0.15, -0.1) is 0 Å².